The third-order valence-corrected chi connectivity index (χ3v) is 4.58. The highest BCUT2D eigenvalue weighted by Gasteiger charge is 2.24. The molecule has 1 fully saturated rings. The molecule has 1 heterocycles. The third kappa shape index (κ3) is 3.97. The Labute approximate surface area is 127 Å². The third-order valence-electron chi connectivity index (χ3n) is 2.98. The molecule has 1 aromatic rings. The number of benzene rings is 1. The van der Waals surface area contributed by atoms with Gasteiger partial charge in [-0.2, -0.15) is 0 Å². The van der Waals surface area contributed by atoms with Crippen LogP contribution in [0, 0.1) is 0 Å². The summed E-state index contributed by atoms with van der Waals surface area (Å²) < 4.78 is 1.11. The summed E-state index contributed by atoms with van der Waals surface area (Å²) in [5.41, 5.74) is 1.30. The first-order valence-electron chi connectivity index (χ1n) is 6.37. The zero-order valence-corrected chi connectivity index (χ0v) is 13.9. The van der Waals surface area contributed by atoms with E-state index in [0.29, 0.717) is 11.8 Å². The minimum Gasteiger partial charge on any atom is -0.332 e. The van der Waals surface area contributed by atoms with Gasteiger partial charge >= 0.3 is 0 Å². The van der Waals surface area contributed by atoms with E-state index in [4.69, 9.17) is 0 Å². The van der Waals surface area contributed by atoms with E-state index in [0.717, 1.165) is 17.7 Å². The molecule has 1 aromatic carbocycles. The molecule has 0 bridgehead atoms. The Bertz CT molecular complexity index is 479. The SMILES string of the molecule is CC(C)Sc1cc(Br)ccc1CN1CC(=O)N(C)C1. The molecule has 2 rings (SSSR count). The number of halogens is 1. The number of carbonyl (C=O) groups excluding carboxylic acids is 1. The molecule has 0 spiro atoms. The first-order valence-corrected chi connectivity index (χ1v) is 8.04. The van der Waals surface area contributed by atoms with Crippen LogP contribution in [-0.2, 0) is 11.3 Å². The Hall–Kier alpha value is -0.520. The first-order chi connectivity index (χ1) is 8.95. The second-order valence-corrected chi connectivity index (χ2v) is 7.67. The summed E-state index contributed by atoms with van der Waals surface area (Å²) in [7, 11) is 1.85. The van der Waals surface area contributed by atoms with Gasteiger partial charge in [0.15, 0.2) is 0 Å². The largest absolute Gasteiger partial charge is 0.332 e. The van der Waals surface area contributed by atoms with Crippen LogP contribution in [0.5, 0.6) is 0 Å². The summed E-state index contributed by atoms with van der Waals surface area (Å²) in [5, 5.41) is 0.552. The molecular weight excluding hydrogens is 324 g/mol. The summed E-state index contributed by atoms with van der Waals surface area (Å²) in [6.07, 6.45) is 0. The molecular formula is C14H19BrN2OS. The van der Waals surface area contributed by atoms with Crippen molar-refractivity contribution in [2.45, 2.75) is 30.5 Å². The molecule has 3 nitrogen and oxygen atoms in total. The van der Waals surface area contributed by atoms with E-state index < -0.39 is 0 Å². The fraction of sp³-hybridized carbons (Fsp3) is 0.500. The Balaban J connectivity index is 2.13. The van der Waals surface area contributed by atoms with Crippen molar-refractivity contribution >= 4 is 33.6 Å². The fourth-order valence-electron chi connectivity index (χ4n) is 2.11. The predicted octanol–water partition coefficient (Wildman–Crippen LogP) is 3.18. The van der Waals surface area contributed by atoms with Gasteiger partial charge < -0.3 is 4.90 Å². The molecule has 0 radical (unpaired) electrons. The van der Waals surface area contributed by atoms with E-state index in [1.54, 1.807) is 4.90 Å². The number of hydrogen-bond donors (Lipinski definition) is 0. The standard InChI is InChI=1S/C14H19BrN2OS/c1-10(2)19-13-6-12(15)5-4-11(13)7-17-8-14(18)16(3)9-17/h4-6,10H,7-9H2,1-3H3. The first kappa shape index (κ1) is 14.9. The number of likely N-dealkylation sites (N-methyl/N-ethyl adjacent to an activating group) is 1. The van der Waals surface area contributed by atoms with Crippen LogP contribution < -0.4 is 0 Å². The fourth-order valence-corrected chi connectivity index (χ4v) is 3.61. The Kier molecular flexibility index (Phi) is 4.92. The highest BCUT2D eigenvalue weighted by molar-refractivity contribution is 9.10. The number of hydrogen-bond acceptors (Lipinski definition) is 3. The van der Waals surface area contributed by atoms with Gasteiger partial charge in [-0.15, -0.1) is 11.8 Å². The maximum absolute atomic E-state index is 11.6. The van der Waals surface area contributed by atoms with Crippen molar-refractivity contribution in [3.05, 3.63) is 28.2 Å². The lowest BCUT2D eigenvalue weighted by Gasteiger charge is -2.18. The van der Waals surface area contributed by atoms with Crippen LogP contribution in [0.1, 0.15) is 19.4 Å². The van der Waals surface area contributed by atoms with Crippen LogP contribution >= 0.6 is 27.7 Å². The Morgan fingerprint density at radius 3 is 2.74 bits per heavy atom. The monoisotopic (exact) mass is 342 g/mol. The van der Waals surface area contributed by atoms with Crippen molar-refractivity contribution in [3.8, 4) is 0 Å². The second-order valence-electron chi connectivity index (χ2n) is 5.14. The van der Waals surface area contributed by atoms with Crippen LogP contribution in [-0.4, -0.2) is 41.2 Å². The van der Waals surface area contributed by atoms with Crippen molar-refractivity contribution in [2.75, 3.05) is 20.3 Å². The van der Waals surface area contributed by atoms with Crippen LogP contribution in [0.15, 0.2) is 27.6 Å². The lowest BCUT2D eigenvalue weighted by molar-refractivity contribution is -0.125. The molecule has 0 aliphatic carbocycles. The molecule has 0 atom stereocenters. The lowest BCUT2D eigenvalue weighted by Crippen LogP contribution is -2.23. The molecule has 0 aromatic heterocycles. The Morgan fingerprint density at radius 2 is 2.16 bits per heavy atom. The number of thioether (sulfide) groups is 1. The average molecular weight is 343 g/mol. The van der Waals surface area contributed by atoms with E-state index in [9.17, 15) is 4.79 Å². The number of carbonyl (C=O) groups is 1. The van der Waals surface area contributed by atoms with Gasteiger partial charge in [0.1, 0.15) is 0 Å². The molecule has 1 aliphatic heterocycles. The zero-order chi connectivity index (χ0) is 14.0. The van der Waals surface area contributed by atoms with Crippen LogP contribution in [0.3, 0.4) is 0 Å². The van der Waals surface area contributed by atoms with Gasteiger partial charge in [0.25, 0.3) is 0 Å². The van der Waals surface area contributed by atoms with Crippen molar-refractivity contribution < 1.29 is 4.79 Å². The summed E-state index contributed by atoms with van der Waals surface area (Å²) in [4.78, 5) is 16.8. The molecule has 104 valence electrons. The lowest BCUT2D eigenvalue weighted by atomic mass is 10.2. The van der Waals surface area contributed by atoms with E-state index in [1.807, 2.05) is 18.8 Å². The highest BCUT2D eigenvalue weighted by Crippen LogP contribution is 2.30. The van der Waals surface area contributed by atoms with Gasteiger partial charge in [0.2, 0.25) is 5.91 Å². The molecule has 1 saturated heterocycles. The molecule has 1 amide bonds. The molecule has 0 saturated carbocycles. The van der Waals surface area contributed by atoms with Gasteiger partial charge in [-0.05, 0) is 17.7 Å². The molecule has 5 heteroatoms. The van der Waals surface area contributed by atoms with E-state index in [-0.39, 0.29) is 5.91 Å². The second kappa shape index (κ2) is 6.29. The molecule has 19 heavy (non-hydrogen) atoms. The van der Waals surface area contributed by atoms with Gasteiger partial charge in [-0.1, -0.05) is 35.8 Å². The highest BCUT2D eigenvalue weighted by atomic mass is 79.9. The number of nitrogens with zero attached hydrogens (tertiary/aromatic N) is 2. The predicted molar refractivity (Wildman–Crippen MR) is 83.2 cm³/mol. The van der Waals surface area contributed by atoms with Crippen LogP contribution in [0.4, 0.5) is 0 Å². The number of rotatable bonds is 4. The molecule has 0 N–H and O–H groups in total. The van der Waals surface area contributed by atoms with Gasteiger partial charge in [-0.3, -0.25) is 9.69 Å². The summed E-state index contributed by atoms with van der Waals surface area (Å²) in [6.45, 7) is 6.47. The minimum absolute atomic E-state index is 0.204. The smallest absolute Gasteiger partial charge is 0.237 e. The molecule has 0 unspecified atom stereocenters. The van der Waals surface area contributed by atoms with Crippen molar-refractivity contribution in [2.24, 2.45) is 0 Å². The van der Waals surface area contributed by atoms with Crippen molar-refractivity contribution in [1.29, 1.82) is 0 Å². The van der Waals surface area contributed by atoms with Gasteiger partial charge in [-0.25, -0.2) is 0 Å². The molecule has 1 aliphatic rings. The van der Waals surface area contributed by atoms with Crippen LogP contribution in [0.25, 0.3) is 0 Å². The van der Waals surface area contributed by atoms with Gasteiger partial charge in [0.05, 0.1) is 13.2 Å². The quantitative estimate of drug-likeness (QED) is 0.785. The van der Waals surface area contributed by atoms with Gasteiger partial charge in [0, 0.05) is 28.2 Å². The average Bonchev–Trinajstić information content (AvgIpc) is 2.61. The normalized spacial score (nSPS) is 16.7. The van der Waals surface area contributed by atoms with Crippen molar-refractivity contribution in [1.82, 2.24) is 9.80 Å². The van der Waals surface area contributed by atoms with Crippen LogP contribution in [0.2, 0.25) is 0 Å². The zero-order valence-electron chi connectivity index (χ0n) is 11.5. The topological polar surface area (TPSA) is 23.6 Å². The summed E-state index contributed by atoms with van der Waals surface area (Å²) in [6, 6.07) is 6.39. The number of amides is 1. The maximum Gasteiger partial charge on any atom is 0.237 e. The minimum atomic E-state index is 0.204. The summed E-state index contributed by atoms with van der Waals surface area (Å²) >= 11 is 5.40. The Morgan fingerprint density at radius 1 is 1.42 bits per heavy atom. The van der Waals surface area contributed by atoms with E-state index >= 15 is 0 Å². The van der Waals surface area contributed by atoms with Crippen molar-refractivity contribution in [3.63, 3.8) is 0 Å². The summed E-state index contributed by atoms with van der Waals surface area (Å²) in [5.74, 6) is 0.204. The maximum atomic E-state index is 11.6. The van der Waals surface area contributed by atoms with E-state index in [1.165, 1.54) is 10.5 Å². The van der Waals surface area contributed by atoms with E-state index in [2.05, 4.69) is 52.9 Å².